The number of hydrogen-bond acceptors (Lipinski definition) is 26. The molecule has 38 heteroatoms. The SMILES string of the molecule is O=S(=O)([O-])OCCN=c1ccc2nc3c(Cl)c4c(c(Cl)c3oc-2c1S(=O)(=O)CCOS(=O)(=O)[O-])Nc1ccc(NCCOS(=O)(=O)[O-])c(S(=O)(=O)CCOS(=O)(=O)[O-])c1O4.[Li+].[Li+].[Li+].[Li+]. The van der Waals surface area contributed by atoms with Crippen molar-refractivity contribution in [2.24, 2.45) is 4.99 Å². The van der Waals surface area contributed by atoms with E-state index in [-0.39, 0.29) is 104 Å². The summed E-state index contributed by atoms with van der Waals surface area (Å²) in [6, 6.07) is 4.49. The number of benzene rings is 3. The Hall–Kier alpha value is -1.19. The van der Waals surface area contributed by atoms with Crippen molar-refractivity contribution in [1.82, 2.24) is 4.98 Å². The van der Waals surface area contributed by atoms with Gasteiger partial charge in [0.25, 0.3) is 0 Å². The topological polar surface area (TPSA) is 406 Å². The fourth-order valence-corrected chi connectivity index (χ4v) is 9.87. The fraction of sp³-hybridized carbons (Fsp3) is 0.308. The molecule has 0 fully saturated rings. The summed E-state index contributed by atoms with van der Waals surface area (Å²) >= 11 is 13.4. The molecule has 0 radical (unpaired) electrons. The first-order valence-electron chi connectivity index (χ1n) is 15.6. The van der Waals surface area contributed by atoms with Gasteiger partial charge in [0, 0.05) is 6.54 Å². The normalized spacial score (nSPS) is 13.2. The first kappa shape index (κ1) is 60.8. The molecule has 26 nitrogen and oxygen atoms in total. The van der Waals surface area contributed by atoms with Crippen LogP contribution in [0.25, 0.3) is 22.6 Å². The van der Waals surface area contributed by atoms with Crippen LogP contribution in [0.1, 0.15) is 0 Å². The molecule has 0 amide bonds. The van der Waals surface area contributed by atoms with Crippen molar-refractivity contribution in [3.8, 4) is 23.0 Å². The molecule has 0 spiro atoms. The van der Waals surface area contributed by atoms with Gasteiger partial charge >= 0.3 is 75.4 Å². The zero-order valence-corrected chi connectivity index (χ0v) is 39.5. The summed E-state index contributed by atoms with van der Waals surface area (Å²) < 4.78 is 214. The second-order valence-corrected chi connectivity index (χ2v) is 20.5. The average molecular weight is 1030 g/mol. The van der Waals surface area contributed by atoms with Crippen molar-refractivity contribution in [3.05, 3.63) is 39.7 Å². The minimum atomic E-state index is -5.35. The molecule has 2 aromatic rings. The van der Waals surface area contributed by atoms with Gasteiger partial charge in [0.2, 0.25) is 41.6 Å². The van der Waals surface area contributed by atoms with Gasteiger partial charge in [0.15, 0.2) is 42.5 Å². The van der Waals surface area contributed by atoms with Crippen molar-refractivity contribution in [2.45, 2.75) is 9.79 Å². The van der Waals surface area contributed by atoms with E-state index in [1.807, 2.05) is 0 Å². The van der Waals surface area contributed by atoms with E-state index in [1.54, 1.807) is 0 Å². The van der Waals surface area contributed by atoms with Crippen LogP contribution in [0.15, 0.2) is 43.5 Å². The third-order valence-electron chi connectivity index (χ3n) is 7.38. The maximum absolute atomic E-state index is 13.7. The number of sulfone groups is 2. The standard InChI is InChI=1S/C26H26Cl2N4O22S6.4Li/c27-17-19-23(53-21-13(31-19)1-3-15(29-5-7-49-57(37,38)39)25(21)55(33,34)11-9-51-59(43,44)45)18(28)20-24(17)54-22-14(32-20)2-4-16(30-6-8-50-58(40,41)42)26(22)56(35,36)12-10-52-60(46,47)48;;;;/h1-4,29,31H,5-12H2,(H,37,38,39)(H,40,41,42)(H,43,44,45)(H,46,47,48);;;;/q;4*+1/p-4. The Bertz CT molecular complexity index is 3110. The van der Waals surface area contributed by atoms with Gasteiger partial charge < -0.3 is 38.0 Å². The Labute approximate surface area is 422 Å². The van der Waals surface area contributed by atoms with Crippen LogP contribution in [0.5, 0.6) is 11.5 Å². The summed E-state index contributed by atoms with van der Waals surface area (Å²) in [6.07, 6.45) is 0. The number of nitrogens with one attached hydrogen (secondary N) is 2. The molecule has 2 aliphatic heterocycles. The number of rotatable bonds is 19. The largest absolute Gasteiger partial charge is 1.00 e. The maximum atomic E-state index is 13.7. The van der Waals surface area contributed by atoms with Gasteiger partial charge in [0.05, 0.1) is 61.2 Å². The maximum Gasteiger partial charge on any atom is 1.00 e. The molecule has 0 aromatic heterocycles. The quantitative estimate of drug-likeness (QED) is 0.0255. The van der Waals surface area contributed by atoms with E-state index in [1.165, 1.54) is 6.07 Å². The molecule has 2 aromatic carbocycles. The summed E-state index contributed by atoms with van der Waals surface area (Å²) in [5, 5.41) is 3.93. The minimum absolute atomic E-state index is 0. The number of fused-ring (bicyclic) bond motifs is 4. The summed E-state index contributed by atoms with van der Waals surface area (Å²) in [5.74, 6) is -3.91. The van der Waals surface area contributed by atoms with E-state index in [4.69, 9.17) is 32.4 Å². The zero-order chi connectivity index (χ0) is 44.6. The van der Waals surface area contributed by atoms with Gasteiger partial charge in [-0.3, -0.25) is 21.7 Å². The monoisotopic (exact) mass is 1030 g/mol. The molecule has 0 unspecified atom stereocenters. The summed E-state index contributed by atoms with van der Waals surface area (Å²) in [7, 11) is -30.5. The van der Waals surface area contributed by atoms with E-state index in [0.717, 1.165) is 18.2 Å². The Morgan fingerprint density at radius 2 is 1.17 bits per heavy atom. The Morgan fingerprint density at radius 3 is 1.72 bits per heavy atom. The van der Waals surface area contributed by atoms with Gasteiger partial charge in [-0.25, -0.2) is 55.5 Å². The van der Waals surface area contributed by atoms with Gasteiger partial charge in [-0.2, -0.15) is 0 Å². The van der Waals surface area contributed by atoms with Gasteiger partial charge in [0.1, 0.15) is 36.7 Å². The first-order valence-corrected chi connectivity index (χ1v) is 25.0. The minimum Gasteiger partial charge on any atom is -0.726 e. The molecule has 0 saturated carbocycles. The van der Waals surface area contributed by atoms with Crippen LogP contribution in [0, 0.1) is 0 Å². The third-order valence-corrected chi connectivity index (χ3v) is 13.4. The summed E-state index contributed by atoms with van der Waals surface area (Å²) in [5.41, 5.74) is -1.90. The molecule has 332 valence electrons. The molecule has 0 atom stereocenters. The third kappa shape index (κ3) is 15.9. The molecule has 1 aliphatic carbocycles. The molecule has 2 N–H and O–H groups in total. The number of nitrogens with zero attached hydrogens (tertiary/aromatic N) is 2. The zero-order valence-electron chi connectivity index (χ0n) is 33.0. The van der Waals surface area contributed by atoms with Crippen LogP contribution < -0.4 is 96.2 Å². The van der Waals surface area contributed by atoms with Crippen LogP contribution in [0.3, 0.4) is 0 Å². The van der Waals surface area contributed by atoms with Crippen LogP contribution in [-0.4, -0.2) is 125 Å². The molecule has 3 aliphatic rings. The number of ether oxygens (including phenoxy) is 1. The van der Waals surface area contributed by atoms with Crippen molar-refractivity contribution < 1.29 is 170 Å². The smallest absolute Gasteiger partial charge is 0.726 e. The molecular weight excluding hydrogens is 1010 g/mol. The van der Waals surface area contributed by atoms with Crippen molar-refractivity contribution in [1.29, 1.82) is 0 Å². The van der Waals surface area contributed by atoms with Crippen molar-refractivity contribution in [2.75, 3.05) is 61.7 Å². The Balaban J connectivity index is 0.00000512. The van der Waals surface area contributed by atoms with Gasteiger partial charge in [-0.15, -0.1) is 0 Å². The molecule has 2 heterocycles. The van der Waals surface area contributed by atoms with Crippen LogP contribution in [-0.2, 0) is 78.0 Å². The molecule has 64 heavy (non-hydrogen) atoms. The van der Waals surface area contributed by atoms with E-state index >= 15 is 0 Å². The fourth-order valence-electron chi connectivity index (χ4n) is 5.19. The number of halogens is 2. The molecular formula is C26H22Cl2Li4N4O22S6. The van der Waals surface area contributed by atoms with Crippen LogP contribution in [0.2, 0.25) is 10.0 Å². The molecule has 5 rings (SSSR count). The Kier molecular flexibility index (Phi) is 22.2. The van der Waals surface area contributed by atoms with Crippen LogP contribution >= 0.6 is 23.2 Å². The average Bonchev–Trinajstić information content (AvgIpc) is 3.10. The van der Waals surface area contributed by atoms with E-state index in [9.17, 15) is 68.7 Å². The van der Waals surface area contributed by atoms with E-state index in [2.05, 4.69) is 37.3 Å². The Morgan fingerprint density at radius 1 is 0.656 bits per heavy atom. The molecule has 0 saturated heterocycles. The number of hydrogen-bond donors (Lipinski definition) is 2. The predicted octanol–water partition coefficient (Wildman–Crippen LogP) is -12.1. The predicted molar refractivity (Wildman–Crippen MR) is 196 cm³/mol. The summed E-state index contributed by atoms with van der Waals surface area (Å²) in [4.78, 5) is 6.70. The number of aromatic nitrogens is 1. The molecule has 0 bridgehead atoms. The van der Waals surface area contributed by atoms with Gasteiger partial charge in [-0.05, 0) is 24.3 Å². The first-order chi connectivity index (χ1) is 27.6. The van der Waals surface area contributed by atoms with Crippen molar-refractivity contribution in [3.63, 3.8) is 0 Å². The number of anilines is 3. The van der Waals surface area contributed by atoms with Crippen LogP contribution in [0.4, 0.5) is 17.1 Å². The second-order valence-electron chi connectivity index (χ2n) is 11.4. The summed E-state index contributed by atoms with van der Waals surface area (Å²) in [6.45, 7) is -5.10. The second kappa shape index (κ2) is 23.4. The van der Waals surface area contributed by atoms with Gasteiger partial charge in [-0.1, -0.05) is 23.2 Å². The van der Waals surface area contributed by atoms with E-state index in [0.29, 0.717) is 0 Å². The van der Waals surface area contributed by atoms with E-state index < -0.39 is 160 Å². The van der Waals surface area contributed by atoms with Crippen molar-refractivity contribution >= 4 is 113 Å².